The van der Waals surface area contributed by atoms with Crippen molar-refractivity contribution in [1.82, 2.24) is 10.6 Å². The van der Waals surface area contributed by atoms with Crippen molar-refractivity contribution in [3.63, 3.8) is 0 Å². The van der Waals surface area contributed by atoms with E-state index in [4.69, 9.17) is 12.2 Å². The molecule has 0 heterocycles. The zero-order chi connectivity index (χ0) is 11.4. The van der Waals surface area contributed by atoms with Crippen LogP contribution in [0.1, 0.15) is 58.3 Å². The maximum atomic E-state index is 5.36. The highest BCUT2D eigenvalue weighted by molar-refractivity contribution is 7.80. The first-order chi connectivity index (χ1) is 7.74. The van der Waals surface area contributed by atoms with Crippen molar-refractivity contribution in [3.8, 4) is 0 Å². The van der Waals surface area contributed by atoms with Crippen molar-refractivity contribution in [3.05, 3.63) is 0 Å². The van der Waals surface area contributed by atoms with Gasteiger partial charge < -0.3 is 10.6 Å². The van der Waals surface area contributed by atoms with Gasteiger partial charge in [-0.15, -0.1) is 0 Å². The molecule has 92 valence electrons. The lowest BCUT2D eigenvalue weighted by Crippen LogP contribution is -2.47. The molecule has 3 heteroatoms. The fourth-order valence-corrected chi connectivity index (χ4v) is 3.15. The molecule has 2 nitrogen and oxygen atoms in total. The summed E-state index contributed by atoms with van der Waals surface area (Å²) in [4.78, 5) is 0. The molecule has 0 aromatic rings. The Morgan fingerprint density at radius 3 is 2.44 bits per heavy atom. The summed E-state index contributed by atoms with van der Waals surface area (Å²) in [5.74, 6) is 0. The van der Waals surface area contributed by atoms with E-state index in [0.717, 1.165) is 11.7 Å². The average molecular weight is 240 g/mol. The molecule has 0 atom stereocenters. The van der Waals surface area contributed by atoms with E-state index in [9.17, 15) is 0 Å². The van der Waals surface area contributed by atoms with Crippen molar-refractivity contribution >= 4 is 17.3 Å². The molecule has 0 bridgehead atoms. The molecule has 2 rings (SSSR count). The Hall–Kier alpha value is -0.310. The van der Waals surface area contributed by atoms with Crippen molar-refractivity contribution < 1.29 is 0 Å². The topological polar surface area (TPSA) is 24.1 Å². The van der Waals surface area contributed by atoms with E-state index in [2.05, 4.69) is 17.6 Å². The zero-order valence-corrected chi connectivity index (χ0v) is 11.2. The second kappa shape index (κ2) is 5.35. The molecule has 0 unspecified atom stereocenters. The van der Waals surface area contributed by atoms with Crippen LogP contribution in [0, 0.1) is 5.41 Å². The maximum absolute atomic E-state index is 5.36. The Morgan fingerprint density at radius 1 is 1.25 bits per heavy atom. The summed E-state index contributed by atoms with van der Waals surface area (Å²) in [5, 5.41) is 7.75. The molecular weight excluding hydrogens is 216 g/mol. The van der Waals surface area contributed by atoms with Gasteiger partial charge in [0, 0.05) is 12.6 Å². The van der Waals surface area contributed by atoms with E-state index in [1.807, 2.05) is 0 Å². The van der Waals surface area contributed by atoms with E-state index in [1.54, 1.807) is 0 Å². The van der Waals surface area contributed by atoms with E-state index < -0.39 is 0 Å². The first kappa shape index (κ1) is 12.2. The Morgan fingerprint density at radius 2 is 1.94 bits per heavy atom. The average Bonchev–Trinajstić information content (AvgIpc) is 2.69. The highest BCUT2D eigenvalue weighted by Gasteiger charge is 2.34. The second-order valence-corrected chi connectivity index (χ2v) is 5.92. The van der Waals surface area contributed by atoms with Gasteiger partial charge in [-0.2, -0.15) is 0 Å². The van der Waals surface area contributed by atoms with Crippen LogP contribution >= 0.6 is 12.2 Å². The summed E-state index contributed by atoms with van der Waals surface area (Å²) < 4.78 is 0. The molecule has 0 saturated heterocycles. The zero-order valence-electron chi connectivity index (χ0n) is 10.3. The van der Waals surface area contributed by atoms with E-state index in [0.29, 0.717) is 11.5 Å². The van der Waals surface area contributed by atoms with Crippen molar-refractivity contribution in [2.24, 2.45) is 5.41 Å². The van der Waals surface area contributed by atoms with Crippen LogP contribution in [-0.2, 0) is 0 Å². The third kappa shape index (κ3) is 2.88. The van der Waals surface area contributed by atoms with Gasteiger partial charge in [0.05, 0.1) is 0 Å². The van der Waals surface area contributed by atoms with Crippen LogP contribution in [-0.4, -0.2) is 17.7 Å². The maximum Gasteiger partial charge on any atom is 0.166 e. The smallest absolute Gasteiger partial charge is 0.166 e. The summed E-state index contributed by atoms with van der Waals surface area (Å²) >= 11 is 5.36. The van der Waals surface area contributed by atoms with Crippen LogP contribution < -0.4 is 10.6 Å². The Balaban J connectivity index is 1.66. The van der Waals surface area contributed by atoms with Crippen molar-refractivity contribution in [2.75, 3.05) is 6.54 Å². The third-order valence-corrected chi connectivity index (χ3v) is 4.74. The van der Waals surface area contributed by atoms with Gasteiger partial charge in [-0.05, 0) is 49.7 Å². The number of nitrogens with one attached hydrogen (secondary N) is 2. The van der Waals surface area contributed by atoms with Gasteiger partial charge in [-0.1, -0.05) is 26.2 Å². The van der Waals surface area contributed by atoms with Crippen molar-refractivity contribution in [1.29, 1.82) is 0 Å². The van der Waals surface area contributed by atoms with Crippen molar-refractivity contribution in [2.45, 2.75) is 64.3 Å². The Kier molecular flexibility index (Phi) is 4.06. The molecule has 0 aromatic carbocycles. The molecule has 2 aliphatic rings. The first-order valence-electron chi connectivity index (χ1n) is 6.78. The highest BCUT2D eigenvalue weighted by Crippen LogP contribution is 2.42. The molecule has 2 N–H and O–H groups in total. The molecular formula is C13H24N2S. The predicted octanol–water partition coefficient (Wildman–Crippen LogP) is 2.97. The quantitative estimate of drug-likeness (QED) is 0.739. The van der Waals surface area contributed by atoms with Crippen LogP contribution in [0.15, 0.2) is 0 Å². The lowest BCUT2D eigenvalue weighted by Gasteiger charge is -2.41. The van der Waals surface area contributed by atoms with E-state index in [1.165, 1.54) is 51.4 Å². The molecule has 0 aliphatic heterocycles. The minimum atomic E-state index is 0.557. The number of rotatable bonds is 4. The normalized spacial score (nSPS) is 23.8. The van der Waals surface area contributed by atoms with Crippen LogP contribution in [0.25, 0.3) is 0 Å². The van der Waals surface area contributed by atoms with E-state index in [-0.39, 0.29) is 0 Å². The Bertz CT molecular complexity index is 237. The molecule has 2 aliphatic carbocycles. The number of thiocarbonyl (C=S) groups is 1. The summed E-state index contributed by atoms with van der Waals surface area (Å²) in [5.41, 5.74) is 0.557. The predicted molar refractivity (Wildman–Crippen MR) is 72.6 cm³/mol. The third-order valence-electron chi connectivity index (χ3n) is 4.48. The molecule has 16 heavy (non-hydrogen) atoms. The SMILES string of the molecule is CCC1(CNC(=S)NC2CCCC2)CCC1. The standard InChI is InChI=1S/C13H24N2S/c1-2-13(8-5-9-13)10-14-12(16)15-11-6-3-4-7-11/h11H,2-10H2,1H3,(H2,14,15,16). The van der Waals surface area contributed by atoms with Gasteiger partial charge in [0.25, 0.3) is 0 Å². The monoisotopic (exact) mass is 240 g/mol. The highest BCUT2D eigenvalue weighted by atomic mass is 32.1. The molecule has 2 fully saturated rings. The summed E-state index contributed by atoms with van der Waals surface area (Å²) in [6, 6.07) is 0.638. The second-order valence-electron chi connectivity index (χ2n) is 5.52. The lowest BCUT2D eigenvalue weighted by molar-refractivity contribution is 0.131. The molecule has 0 radical (unpaired) electrons. The van der Waals surface area contributed by atoms with Gasteiger partial charge in [0.2, 0.25) is 0 Å². The van der Waals surface area contributed by atoms with Gasteiger partial charge in [-0.3, -0.25) is 0 Å². The van der Waals surface area contributed by atoms with Gasteiger partial charge in [-0.25, -0.2) is 0 Å². The summed E-state index contributed by atoms with van der Waals surface area (Å²) in [6.45, 7) is 3.37. The van der Waals surface area contributed by atoms with E-state index >= 15 is 0 Å². The Labute approximate surface area is 105 Å². The summed E-state index contributed by atoms with van der Waals surface area (Å²) in [7, 11) is 0. The van der Waals surface area contributed by atoms with Gasteiger partial charge in [0.15, 0.2) is 5.11 Å². The molecule has 0 spiro atoms. The van der Waals surface area contributed by atoms with Gasteiger partial charge >= 0.3 is 0 Å². The van der Waals surface area contributed by atoms with Crippen LogP contribution in [0.5, 0.6) is 0 Å². The molecule has 0 amide bonds. The fourth-order valence-electron chi connectivity index (χ4n) is 2.91. The minimum absolute atomic E-state index is 0.557. The van der Waals surface area contributed by atoms with Crippen LogP contribution in [0.4, 0.5) is 0 Å². The summed E-state index contributed by atoms with van der Waals surface area (Å²) in [6.07, 6.45) is 10.7. The van der Waals surface area contributed by atoms with Crippen LogP contribution in [0.2, 0.25) is 0 Å². The first-order valence-corrected chi connectivity index (χ1v) is 7.19. The largest absolute Gasteiger partial charge is 0.362 e. The van der Waals surface area contributed by atoms with Crippen LogP contribution in [0.3, 0.4) is 0 Å². The minimum Gasteiger partial charge on any atom is -0.362 e. The molecule has 0 aromatic heterocycles. The number of hydrogen-bond donors (Lipinski definition) is 2. The van der Waals surface area contributed by atoms with Gasteiger partial charge in [0.1, 0.15) is 0 Å². The number of hydrogen-bond acceptors (Lipinski definition) is 1. The molecule has 2 saturated carbocycles. The fraction of sp³-hybridized carbons (Fsp3) is 0.923. The lowest BCUT2D eigenvalue weighted by atomic mass is 9.67.